The van der Waals surface area contributed by atoms with Gasteiger partial charge in [0.25, 0.3) is 0 Å². The molecule has 0 aromatic rings. The molecule has 0 aromatic heterocycles. The molecule has 0 atom stereocenters. The number of hydrogen-bond acceptors (Lipinski definition) is 20. The molecular weight excluding hydrogens is 805 g/mol. The van der Waals surface area contributed by atoms with Gasteiger partial charge >= 0.3 is 19.5 Å². The first-order chi connectivity index (χ1) is 23.1. The van der Waals surface area contributed by atoms with E-state index in [4.69, 9.17) is 0 Å². The maximum Gasteiger partial charge on any atom is 4.00 e. The molecule has 21 heteroatoms. The minimum Gasteiger partial charge on any atom is -0.548 e. The summed E-state index contributed by atoms with van der Waals surface area (Å²) in [5.41, 5.74) is -10.4. The van der Waals surface area contributed by atoms with Crippen LogP contribution in [0.5, 0.6) is 0 Å². The van der Waals surface area contributed by atoms with E-state index in [-0.39, 0.29) is 19.5 Å². The molecule has 0 aliphatic rings. The van der Waals surface area contributed by atoms with Gasteiger partial charge in [-0.05, 0) is 83.1 Å². The van der Waals surface area contributed by atoms with E-state index in [2.05, 4.69) is 0 Å². The number of carboxylic acid groups (broad SMARTS) is 4. The fourth-order valence-electron chi connectivity index (χ4n) is 4.70. The van der Waals surface area contributed by atoms with Gasteiger partial charge in [0.2, 0.25) is 0 Å². The van der Waals surface area contributed by atoms with Gasteiger partial charge in [0, 0.05) is 0 Å². The summed E-state index contributed by atoms with van der Waals surface area (Å²) in [5.74, 6) is -20.1. The van der Waals surface area contributed by atoms with Gasteiger partial charge in [0.05, 0.1) is 23.9 Å². The van der Waals surface area contributed by atoms with Crippen molar-refractivity contribution in [2.45, 2.75) is 83.1 Å². The van der Waals surface area contributed by atoms with Crippen LogP contribution in [-0.4, -0.2) is 93.3 Å². The number of carbonyl (C=O) groups excluding carboxylic acids is 16. The van der Waals surface area contributed by atoms with Crippen LogP contribution in [-0.2, 0) is 96.2 Å². The molecular formula is C32H36O20Ru. The Morgan fingerprint density at radius 2 is 0.283 bits per heavy atom. The number of hydrogen-bond donors (Lipinski definition) is 0. The van der Waals surface area contributed by atoms with Gasteiger partial charge < -0.3 is 39.6 Å². The molecule has 20 nitrogen and oxygen atoms in total. The third-order valence-corrected chi connectivity index (χ3v) is 7.56. The van der Waals surface area contributed by atoms with Crippen molar-refractivity contribution in [1.29, 1.82) is 0 Å². The van der Waals surface area contributed by atoms with Crippen molar-refractivity contribution in [2.24, 2.45) is 21.7 Å². The predicted octanol–water partition coefficient (Wildman–Crippen LogP) is -6.04. The van der Waals surface area contributed by atoms with Crippen LogP contribution >= 0.6 is 0 Å². The second-order valence-electron chi connectivity index (χ2n) is 10.8. The second-order valence-corrected chi connectivity index (χ2v) is 10.8. The van der Waals surface area contributed by atoms with Crippen molar-refractivity contribution in [3.05, 3.63) is 0 Å². The Balaban J connectivity index is -0.000000192. The number of aliphatic carboxylic acids is 4. The molecule has 0 aliphatic heterocycles. The van der Waals surface area contributed by atoms with Crippen LogP contribution in [0.1, 0.15) is 83.1 Å². The smallest absolute Gasteiger partial charge is 0.548 e. The number of Topliss-reactive ketones (excluding diaryl/α,β-unsaturated/α-hetero) is 12. The molecule has 0 N–H and O–H groups in total. The zero-order valence-corrected chi connectivity index (χ0v) is 32.3. The van der Waals surface area contributed by atoms with E-state index in [1.807, 2.05) is 0 Å². The molecule has 53 heavy (non-hydrogen) atoms. The van der Waals surface area contributed by atoms with Crippen LogP contribution in [0.3, 0.4) is 0 Å². The molecule has 292 valence electrons. The first kappa shape index (κ1) is 56.9. The van der Waals surface area contributed by atoms with Crippen molar-refractivity contribution in [3.63, 3.8) is 0 Å². The minimum absolute atomic E-state index is 0. The van der Waals surface area contributed by atoms with Gasteiger partial charge in [-0.25, -0.2) is 0 Å². The van der Waals surface area contributed by atoms with Crippen LogP contribution in [0, 0.1) is 21.7 Å². The molecule has 0 saturated carbocycles. The van der Waals surface area contributed by atoms with Crippen molar-refractivity contribution < 1.29 is 117 Å². The van der Waals surface area contributed by atoms with Crippen molar-refractivity contribution >= 4 is 93.3 Å². The monoisotopic (exact) mass is 842 g/mol. The normalized spacial score (nSPS) is 10.5. The van der Waals surface area contributed by atoms with E-state index in [1.54, 1.807) is 0 Å². The summed E-state index contributed by atoms with van der Waals surface area (Å²) >= 11 is 0. The standard InChI is InChI=1S/4C8H10O5.Ru/c4*1-4(9)8(5(2)10,6(3)11)7(12)13;/h4*1-3H3,(H,12,13);/q;;;;+4/p-4. The summed E-state index contributed by atoms with van der Waals surface area (Å²) in [6.07, 6.45) is 0. The second kappa shape index (κ2) is 21.8. The Kier molecular flexibility index (Phi) is 23.4. The third-order valence-electron chi connectivity index (χ3n) is 7.56. The molecule has 0 aliphatic carbocycles. The molecule has 0 saturated heterocycles. The van der Waals surface area contributed by atoms with Crippen molar-refractivity contribution in [2.75, 3.05) is 0 Å². The van der Waals surface area contributed by atoms with Crippen LogP contribution in [0.25, 0.3) is 0 Å². The summed E-state index contributed by atoms with van der Waals surface area (Å²) in [4.78, 5) is 173. The summed E-state index contributed by atoms with van der Waals surface area (Å²) in [7, 11) is 0. The molecule has 0 amide bonds. The molecule has 0 rings (SSSR count). The van der Waals surface area contributed by atoms with E-state index >= 15 is 0 Å². The van der Waals surface area contributed by atoms with Gasteiger partial charge in [0.15, 0.2) is 91.1 Å². The Bertz CT molecular complexity index is 1160. The van der Waals surface area contributed by atoms with E-state index in [1.165, 1.54) is 0 Å². The maximum atomic E-state index is 10.9. The van der Waals surface area contributed by atoms with E-state index in [0.717, 1.165) is 83.1 Å². The van der Waals surface area contributed by atoms with Crippen LogP contribution in [0.2, 0.25) is 0 Å². The average Bonchev–Trinajstić information content (AvgIpc) is 2.87. The minimum atomic E-state index is -2.61. The molecule has 0 radical (unpaired) electrons. The Labute approximate surface area is 314 Å². The summed E-state index contributed by atoms with van der Waals surface area (Å²) in [6.45, 7) is 10.5. The number of carboxylic acids is 4. The van der Waals surface area contributed by atoms with Crippen LogP contribution in [0.4, 0.5) is 0 Å². The Morgan fingerprint density at radius 1 is 0.226 bits per heavy atom. The SMILES string of the molecule is CC(=O)C(C(C)=O)(C(C)=O)C(=O)[O-].CC(=O)C(C(C)=O)(C(C)=O)C(=O)[O-].CC(=O)C(C(C)=O)(C(C)=O)C(=O)[O-].CC(=O)C(C(C)=O)(C(C)=O)C(=O)[O-].[Ru+4]. The zero-order valence-electron chi connectivity index (χ0n) is 30.5. The average molecular weight is 842 g/mol. The van der Waals surface area contributed by atoms with E-state index < -0.39 is 115 Å². The topological polar surface area (TPSA) is 365 Å². The summed E-state index contributed by atoms with van der Waals surface area (Å²) < 4.78 is 0. The summed E-state index contributed by atoms with van der Waals surface area (Å²) in [6, 6.07) is 0. The van der Waals surface area contributed by atoms with E-state index in [9.17, 15) is 97.1 Å². The largest absolute Gasteiger partial charge is 4.00 e. The number of carbonyl (C=O) groups is 16. The maximum absolute atomic E-state index is 10.9. The van der Waals surface area contributed by atoms with Gasteiger partial charge in [-0.15, -0.1) is 0 Å². The summed E-state index contributed by atoms with van der Waals surface area (Å²) in [5, 5.41) is 42.3. The Hall–Kier alpha value is -5.46. The van der Waals surface area contributed by atoms with Gasteiger partial charge in [0.1, 0.15) is 0 Å². The molecule has 0 aromatic carbocycles. The van der Waals surface area contributed by atoms with Crippen molar-refractivity contribution in [3.8, 4) is 0 Å². The van der Waals surface area contributed by atoms with Gasteiger partial charge in [-0.1, -0.05) is 0 Å². The number of ketones is 12. The predicted molar refractivity (Wildman–Crippen MR) is 158 cm³/mol. The molecule has 0 heterocycles. The molecule has 0 fully saturated rings. The quantitative estimate of drug-likeness (QED) is 0.103. The third kappa shape index (κ3) is 11.3. The van der Waals surface area contributed by atoms with E-state index in [0.29, 0.717) is 0 Å². The number of rotatable bonds is 16. The van der Waals surface area contributed by atoms with Gasteiger partial charge in [-0.2, -0.15) is 0 Å². The van der Waals surface area contributed by atoms with Crippen LogP contribution in [0.15, 0.2) is 0 Å². The Morgan fingerprint density at radius 3 is 0.283 bits per heavy atom. The fraction of sp³-hybridized carbons (Fsp3) is 0.500. The molecule has 0 unspecified atom stereocenters. The van der Waals surface area contributed by atoms with Crippen molar-refractivity contribution in [1.82, 2.24) is 0 Å². The van der Waals surface area contributed by atoms with Gasteiger partial charge in [-0.3, -0.25) is 57.5 Å². The first-order valence-corrected chi connectivity index (χ1v) is 14.1. The first-order valence-electron chi connectivity index (χ1n) is 14.1. The zero-order chi connectivity index (χ0) is 43.2. The van der Waals surface area contributed by atoms with Crippen LogP contribution < -0.4 is 20.4 Å². The molecule has 0 bridgehead atoms. The fourth-order valence-corrected chi connectivity index (χ4v) is 4.70. The molecule has 0 spiro atoms.